The average molecular weight is 223 g/mol. The van der Waals surface area contributed by atoms with Gasteiger partial charge in [0, 0.05) is 18.9 Å². The first kappa shape index (κ1) is 11.0. The van der Waals surface area contributed by atoms with Crippen molar-refractivity contribution < 1.29 is 19.1 Å². The fourth-order valence-corrected chi connectivity index (χ4v) is 1.64. The number of hydrogen-bond donors (Lipinski definition) is 0. The van der Waals surface area contributed by atoms with Gasteiger partial charge < -0.3 is 9.47 Å². The van der Waals surface area contributed by atoms with E-state index in [9.17, 15) is 9.59 Å². The average Bonchev–Trinajstić information content (AvgIpc) is 2.71. The van der Waals surface area contributed by atoms with Gasteiger partial charge in [-0.05, 0) is 19.1 Å². The number of carbonyl (C=O) groups is 2. The van der Waals surface area contributed by atoms with Gasteiger partial charge in [-0.1, -0.05) is 0 Å². The maximum atomic E-state index is 11.6. The first-order chi connectivity index (χ1) is 7.61. The van der Waals surface area contributed by atoms with Crippen LogP contribution in [0.2, 0.25) is 0 Å². The number of carbonyl (C=O) groups excluding carboxylic acids is 2. The van der Waals surface area contributed by atoms with Crippen LogP contribution in [-0.4, -0.2) is 36.2 Å². The summed E-state index contributed by atoms with van der Waals surface area (Å²) in [5, 5.41) is 0. The second-order valence-electron chi connectivity index (χ2n) is 3.73. The lowest BCUT2D eigenvalue weighted by molar-refractivity contribution is -0.156. The van der Waals surface area contributed by atoms with Crippen LogP contribution in [0.5, 0.6) is 0 Å². The lowest BCUT2D eigenvalue weighted by Gasteiger charge is -2.28. The van der Waals surface area contributed by atoms with E-state index in [1.807, 2.05) is 0 Å². The predicted molar refractivity (Wildman–Crippen MR) is 55.0 cm³/mol. The zero-order chi connectivity index (χ0) is 11.7. The fourth-order valence-electron chi connectivity index (χ4n) is 1.64. The highest BCUT2D eigenvalue weighted by Crippen LogP contribution is 2.21. The predicted octanol–water partition coefficient (Wildman–Crippen LogP) is 0.577. The first-order valence-electron chi connectivity index (χ1n) is 5.01. The van der Waals surface area contributed by atoms with E-state index in [2.05, 4.69) is 0 Å². The third kappa shape index (κ3) is 1.91. The molecule has 0 spiro atoms. The maximum absolute atomic E-state index is 11.6. The molecule has 0 aromatic carbocycles. The van der Waals surface area contributed by atoms with E-state index in [1.54, 1.807) is 19.1 Å². The smallest absolute Gasteiger partial charge is 0.236 e. The zero-order valence-electron chi connectivity index (χ0n) is 9.17. The Hall–Kier alpha value is -1.46. The Balaban J connectivity index is 2.14. The molecule has 2 aliphatic heterocycles. The number of amides is 1. The van der Waals surface area contributed by atoms with Gasteiger partial charge in [0.05, 0.1) is 6.42 Å². The summed E-state index contributed by atoms with van der Waals surface area (Å²) >= 11 is 0. The Morgan fingerprint density at radius 1 is 1.44 bits per heavy atom. The number of ketones is 1. The monoisotopic (exact) mass is 223 g/mol. The van der Waals surface area contributed by atoms with Crippen LogP contribution in [0.1, 0.15) is 13.3 Å². The van der Waals surface area contributed by atoms with Crippen molar-refractivity contribution in [2.75, 3.05) is 7.11 Å². The van der Waals surface area contributed by atoms with Gasteiger partial charge in [0.25, 0.3) is 0 Å². The van der Waals surface area contributed by atoms with Crippen LogP contribution in [0.15, 0.2) is 23.9 Å². The van der Waals surface area contributed by atoms with Crippen molar-refractivity contribution in [3.63, 3.8) is 0 Å². The molecule has 2 heterocycles. The molecule has 2 unspecified atom stereocenters. The number of rotatable bonds is 2. The zero-order valence-corrected chi connectivity index (χ0v) is 9.17. The lowest BCUT2D eigenvalue weighted by Crippen LogP contribution is -2.40. The topological polar surface area (TPSA) is 55.8 Å². The van der Waals surface area contributed by atoms with Crippen molar-refractivity contribution in [2.45, 2.75) is 25.9 Å². The summed E-state index contributed by atoms with van der Waals surface area (Å²) in [4.78, 5) is 24.3. The molecule has 0 fully saturated rings. The van der Waals surface area contributed by atoms with Gasteiger partial charge in [0.2, 0.25) is 5.91 Å². The van der Waals surface area contributed by atoms with Crippen molar-refractivity contribution in [3.8, 4) is 0 Å². The van der Waals surface area contributed by atoms with Crippen LogP contribution in [0.4, 0.5) is 0 Å². The summed E-state index contributed by atoms with van der Waals surface area (Å²) in [5.74, 6) is -0.381. The molecule has 2 rings (SSSR count). The molecule has 0 saturated carbocycles. The van der Waals surface area contributed by atoms with Gasteiger partial charge in [-0.3, -0.25) is 14.5 Å². The number of allylic oxidation sites excluding steroid dienone is 1. The fraction of sp³-hybridized carbons (Fsp3) is 0.455. The maximum Gasteiger partial charge on any atom is 0.236 e. The Bertz CT molecular complexity index is 385. The molecule has 0 radical (unpaired) electrons. The minimum Gasteiger partial charge on any atom is -0.352 e. The molecule has 5 nitrogen and oxygen atoms in total. The van der Waals surface area contributed by atoms with Crippen molar-refractivity contribution in [1.82, 2.24) is 4.90 Å². The van der Waals surface area contributed by atoms with E-state index in [0.29, 0.717) is 5.57 Å². The van der Waals surface area contributed by atoms with E-state index >= 15 is 0 Å². The minimum absolute atomic E-state index is 0.0896. The summed E-state index contributed by atoms with van der Waals surface area (Å²) < 4.78 is 10.4. The molecule has 0 bridgehead atoms. The van der Waals surface area contributed by atoms with Crippen LogP contribution >= 0.6 is 0 Å². The molecule has 0 N–H and O–H groups in total. The van der Waals surface area contributed by atoms with Crippen LogP contribution < -0.4 is 0 Å². The molecule has 2 atom stereocenters. The number of methoxy groups -OCH3 is 1. The molecular formula is C11H13NO4. The third-order valence-electron chi connectivity index (χ3n) is 2.59. The van der Waals surface area contributed by atoms with Crippen LogP contribution in [0.3, 0.4) is 0 Å². The van der Waals surface area contributed by atoms with Gasteiger partial charge >= 0.3 is 0 Å². The number of Topliss-reactive ketones (excluding diaryl/α,β-unsaturated/α-hetero) is 1. The molecule has 2 aliphatic rings. The molecular weight excluding hydrogens is 210 g/mol. The van der Waals surface area contributed by atoms with Crippen molar-refractivity contribution >= 4 is 11.7 Å². The highest BCUT2D eigenvalue weighted by molar-refractivity contribution is 6.09. The van der Waals surface area contributed by atoms with Crippen molar-refractivity contribution in [1.29, 1.82) is 0 Å². The van der Waals surface area contributed by atoms with Crippen LogP contribution in [-0.2, 0) is 19.1 Å². The Morgan fingerprint density at radius 2 is 2.19 bits per heavy atom. The highest BCUT2D eigenvalue weighted by atomic mass is 16.7. The molecule has 0 aromatic rings. The molecule has 0 aliphatic carbocycles. The normalized spacial score (nSPS) is 29.9. The van der Waals surface area contributed by atoms with Crippen LogP contribution in [0.25, 0.3) is 0 Å². The first-order valence-corrected chi connectivity index (χ1v) is 5.01. The molecule has 16 heavy (non-hydrogen) atoms. The SMILES string of the molecule is COC1C=CC(N2C=C(C)C(=O)CC2=O)O1. The van der Waals surface area contributed by atoms with Gasteiger partial charge in [0.15, 0.2) is 18.3 Å². The van der Waals surface area contributed by atoms with E-state index in [-0.39, 0.29) is 18.1 Å². The largest absolute Gasteiger partial charge is 0.352 e. The Kier molecular flexibility index (Phi) is 2.89. The second-order valence-corrected chi connectivity index (χ2v) is 3.73. The van der Waals surface area contributed by atoms with E-state index < -0.39 is 12.5 Å². The van der Waals surface area contributed by atoms with Gasteiger partial charge in [0.1, 0.15) is 0 Å². The molecule has 0 saturated heterocycles. The lowest BCUT2D eigenvalue weighted by atomic mass is 10.1. The van der Waals surface area contributed by atoms with Crippen molar-refractivity contribution in [3.05, 3.63) is 23.9 Å². The number of ether oxygens (including phenoxy) is 2. The van der Waals surface area contributed by atoms with E-state index in [1.165, 1.54) is 18.2 Å². The molecule has 5 heteroatoms. The second kappa shape index (κ2) is 4.19. The highest BCUT2D eigenvalue weighted by Gasteiger charge is 2.31. The summed E-state index contributed by atoms with van der Waals surface area (Å²) in [6, 6.07) is 0. The minimum atomic E-state index is -0.472. The van der Waals surface area contributed by atoms with Gasteiger partial charge in [-0.2, -0.15) is 0 Å². The summed E-state index contributed by atoms with van der Waals surface area (Å²) in [6.45, 7) is 1.69. The number of nitrogens with zero attached hydrogens (tertiary/aromatic N) is 1. The summed E-state index contributed by atoms with van der Waals surface area (Å²) in [6.07, 6.45) is 4.02. The third-order valence-corrected chi connectivity index (χ3v) is 2.59. The molecule has 0 aromatic heterocycles. The van der Waals surface area contributed by atoms with Gasteiger partial charge in [-0.25, -0.2) is 0 Å². The number of hydrogen-bond acceptors (Lipinski definition) is 4. The summed E-state index contributed by atoms with van der Waals surface area (Å²) in [5.41, 5.74) is 0.567. The van der Waals surface area contributed by atoms with Crippen molar-refractivity contribution in [2.24, 2.45) is 0 Å². The standard InChI is InChI=1S/C11H13NO4/c1-7-6-12(9(14)5-8(7)13)10-3-4-11(15-2)16-10/h3-4,6,10-11H,5H2,1-2H3. The quantitative estimate of drug-likeness (QED) is 0.507. The Morgan fingerprint density at radius 3 is 2.81 bits per heavy atom. The molecule has 86 valence electrons. The van der Waals surface area contributed by atoms with Gasteiger partial charge in [-0.15, -0.1) is 0 Å². The van der Waals surface area contributed by atoms with E-state index in [4.69, 9.17) is 9.47 Å². The molecule has 1 amide bonds. The summed E-state index contributed by atoms with van der Waals surface area (Å²) in [7, 11) is 1.53. The van der Waals surface area contributed by atoms with Crippen LogP contribution in [0, 0.1) is 0 Å². The Labute approximate surface area is 93.3 Å². The van der Waals surface area contributed by atoms with E-state index in [0.717, 1.165) is 0 Å².